The summed E-state index contributed by atoms with van der Waals surface area (Å²) >= 11 is 0. The highest BCUT2D eigenvalue weighted by molar-refractivity contribution is 6.04. The Bertz CT molecular complexity index is 1160. The van der Waals surface area contributed by atoms with Gasteiger partial charge in [-0.2, -0.15) is 5.10 Å². The molecule has 0 aliphatic carbocycles. The van der Waals surface area contributed by atoms with Crippen molar-refractivity contribution in [1.82, 2.24) is 5.01 Å². The number of fused-ring (bicyclic) bond motifs is 3. The van der Waals surface area contributed by atoms with Crippen LogP contribution in [0.5, 0.6) is 23.0 Å². The number of benzene rings is 3. The van der Waals surface area contributed by atoms with Gasteiger partial charge in [0.05, 0.1) is 18.9 Å². The summed E-state index contributed by atoms with van der Waals surface area (Å²) in [5.74, 6) is 1.48. The first-order valence-corrected chi connectivity index (χ1v) is 9.83. The van der Waals surface area contributed by atoms with Crippen LogP contribution < -0.4 is 9.47 Å². The number of aryl methyl sites for hydroxylation is 1. The Hall–Kier alpha value is -3.67. The average Bonchev–Trinajstić information content (AvgIpc) is 3.21. The van der Waals surface area contributed by atoms with Crippen LogP contribution in [0.1, 0.15) is 40.9 Å². The molecule has 2 heterocycles. The Kier molecular flexibility index (Phi) is 4.28. The number of aromatic hydroxyl groups is 2. The molecule has 6 nitrogen and oxygen atoms in total. The highest BCUT2D eigenvalue weighted by Crippen LogP contribution is 2.48. The minimum absolute atomic E-state index is 0.0188. The molecule has 0 fully saturated rings. The number of phenols is 2. The second-order valence-corrected chi connectivity index (χ2v) is 7.61. The molecule has 3 aromatic rings. The molecule has 2 atom stereocenters. The number of rotatable bonds is 3. The summed E-state index contributed by atoms with van der Waals surface area (Å²) in [6.07, 6.45) is 0.173. The molecule has 0 radical (unpaired) electrons. The van der Waals surface area contributed by atoms with E-state index in [0.717, 1.165) is 33.7 Å². The van der Waals surface area contributed by atoms with Crippen molar-refractivity contribution in [2.45, 2.75) is 25.6 Å². The molecule has 0 saturated carbocycles. The van der Waals surface area contributed by atoms with Crippen molar-refractivity contribution in [2.75, 3.05) is 7.11 Å². The molecule has 152 valence electrons. The van der Waals surface area contributed by atoms with E-state index >= 15 is 0 Å². The molecule has 2 aliphatic rings. The second-order valence-electron chi connectivity index (χ2n) is 7.61. The lowest BCUT2D eigenvalue weighted by atomic mass is 9.95. The van der Waals surface area contributed by atoms with Gasteiger partial charge in [0, 0.05) is 23.1 Å². The van der Waals surface area contributed by atoms with Crippen molar-refractivity contribution >= 4 is 5.71 Å². The Labute approximate surface area is 174 Å². The molecule has 0 bridgehead atoms. The molecule has 6 heteroatoms. The maximum absolute atomic E-state index is 10.4. The number of nitrogens with zero attached hydrogens (tertiary/aromatic N) is 2. The van der Waals surface area contributed by atoms with E-state index in [1.54, 1.807) is 18.2 Å². The SMILES string of the molecule is COc1cc([C@H]2Oc3ccccc3[C@H]3CC(c4cc(C)ccc4O)=NN32)ccc1O. The van der Waals surface area contributed by atoms with Gasteiger partial charge in [-0.3, -0.25) is 0 Å². The van der Waals surface area contributed by atoms with Gasteiger partial charge < -0.3 is 19.7 Å². The quantitative estimate of drug-likeness (QED) is 0.667. The number of hydrogen-bond donors (Lipinski definition) is 2. The monoisotopic (exact) mass is 402 g/mol. The summed E-state index contributed by atoms with van der Waals surface area (Å²) in [6, 6.07) is 18.6. The number of hydrogen-bond acceptors (Lipinski definition) is 6. The van der Waals surface area contributed by atoms with Crippen LogP contribution in [0, 0.1) is 6.92 Å². The lowest BCUT2D eigenvalue weighted by molar-refractivity contribution is -0.0191. The van der Waals surface area contributed by atoms with Gasteiger partial charge in [-0.25, -0.2) is 5.01 Å². The zero-order valence-electron chi connectivity index (χ0n) is 16.7. The summed E-state index contributed by atoms with van der Waals surface area (Å²) in [5, 5.41) is 27.2. The summed E-state index contributed by atoms with van der Waals surface area (Å²) in [4.78, 5) is 0. The van der Waals surface area contributed by atoms with Crippen molar-refractivity contribution in [1.29, 1.82) is 0 Å². The maximum atomic E-state index is 10.4. The molecule has 2 N–H and O–H groups in total. The third-order valence-electron chi connectivity index (χ3n) is 5.65. The molecule has 0 spiro atoms. The smallest absolute Gasteiger partial charge is 0.214 e. The first-order chi connectivity index (χ1) is 14.5. The predicted octanol–water partition coefficient (Wildman–Crippen LogP) is 4.66. The zero-order chi connectivity index (χ0) is 20.8. The van der Waals surface area contributed by atoms with E-state index < -0.39 is 6.23 Å². The van der Waals surface area contributed by atoms with E-state index in [2.05, 4.69) is 6.07 Å². The van der Waals surface area contributed by atoms with Crippen LogP contribution in [-0.4, -0.2) is 28.0 Å². The van der Waals surface area contributed by atoms with Gasteiger partial charge in [0.2, 0.25) is 6.23 Å². The molecule has 0 saturated heterocycles. The lowest BCUT2D eigenvalue weighted by Gasteiger charge is -2.38. The molecular weight excluding hydrogens is 380 g/mol. The Morgan fingerprint density at radius 1 is 1.03 bits per heavy atom. The third-order valence-corrected chi connectivity index (χ3v) is 5.65. The zero-order valence-corrected chi connectivity index (χ0v) is 16.7. The van der Waals surface area contributed by atoms with Crippen molar-refractivity contribution < 1.29 is 19.7 Å². The molecule has 5 rings (SSSR count). The van der Waals surface area contributed by atoms with Crippen LogP contribution in [-0.2, 0) is 0 Å². The van der Waals surface area contributed by atoms with Crippen molar-refractivity contribution in [2.24, 2.45) is 5.10 Å². The van der Waals surface area contributed by atoms with Crippen molar-refractivity contribution in [3.8, 4) is 23.0 Å². The normalized spacial score (nSPS) is 19.5. The first kappa shape index (κ1) is 18.4. The number of hydrazone groups is 1. The van der Waals surface area contributed by atoms with Gasteiger partial charge in [0.15, 0.2) is 11.5 Å². The number of para-hydroxylation sites is 1. The highest BCUT2D eigenvalue weighted by Gasteiger charge is 2.41. The largest absolute Gasteiger partial charge is 0.507 e. The Balaban J connectivity index is 1.62. The minimum Gasteiger partial charge on any atom is -0.507 e. The molecule has 0 amide bonds. The van der Waals surface area contributed by atoms with E-state index in [-0.39, 0.29) is 17.5 Å². The number of phenolic OH excluding ortho intramolecular Hbond substituents is 2. The molecular formula is C24H22N2O4. The van der Waals surface area contributed by atoms with E-state index in [4.69, 9.17) is 14.6 Å². The van der Waals surface area contributed by atoms with Crippen LogP contribution in [0.25, 0.3) is 0 Å². The van der Waals surface area contributed by atoms with Gasteiger partial charge in [-0.05, 0) is 43.3 Å². The van der Waals surface area contributed by atoms with Crippen LogP contribution in [0.3, 0.4) is 0 Å². The summed E-state index contributed by atoms with van der Waals surface area (Å²) < 4.78 is 11.6. The van der Waals surface area contributed by atoms with Gasteiger partial charge in [-0.15, -0.1) is 0 Å². The number of ether oxygens (including phenoxy) is 2. The maximum Gasteiger partial charge on any atom is 0.214 e. The Morgan fingerprint density at radius 2 is 1.83 bits per heavy atom. The van der Waals surface area contributed by atoms with E-state index in [0.29, 0.717) is 12.2 Å². The summed E-state index contributed by atoms with van der Waals surface area (Å²) in [7, 11) is 1.52. The minimum atomic E-state index is -0.483. The third kappa shape index (κ3) is 2.92. The fraction of sp³-hybridized carbons (Fsp3) is 0.208. The van der Waals surface area contributed by atoms with Crippen LogP contribution in [0.15, 0.2) is 65.8 Å². The average molecular weight is 402 g/mol. The van der Waals surface area contributed by atoms with E-state index in [9.17, 15) is 10.2 Å². The topological polar surface area (TPSA) is 74.5 Å². The van der Waals surface area contributed by atoms with Crippen LogP contribution >= 0.6 is 0 Å². The van der Waals surface area contributed by atoms with Crippen LogP contribution in [0.2, 0.25) is 0 Å². The van der Waals surface area contributed by atoms with Crippen molar-refractivity contribution in [3.05, 3.63) is 82.9 Å². The molecule has 30 heavy (non-hydrogen) atoms. The van der Waals surface area contributed by atoms with Gasteiger partial charge in [-0.1, -0.05) is 29.8 Å². The number of methoxy groups -OCH3 is 1. The lowest BCUT2D eigenvalue weighted by Crippen LogP contribution is -2.33. The summed E-state index contributed by atoms with van der Waals surface area (Å²) in [5.41, 5.74) is 4.50. The van der Waals surface area contributed by atoms with E-state index in [1.807, 2.05) is 48.3 Å². The second kappa shape index (κ2) is 6.99. The predicted molar refractivity (Wildman–Crippen MR) is 113 cm³/mol. The molecule has 2 aliphatic heterocycles. The molecule has 3 aromatic carbocycles. The standard InChI is InChI=1S/C24H22N2O4/c1-14-7-9-20(27)17(11-14)18-13-19-16-5-3-4-6-22(16)30-24(26(19)25-18)15-8-10-21(28)23(12-15)29-2/h3-12,19,24,27-28H,13H2,1-2H3/t19-,24-/m1/s1. The first-order valence-electron chi connectivity index (χ1n) is 9.83. The fourth-order valence-electron chi connectivity index (χ4n) is 4.15. The Morgan fingerprint density at radius 3 is 2.67 bits per heavy atom. The van der Waals surface area contributed by atoms with Crippen LogP contribution in [0.4, 0.5) is 0 Å². The highest BCUT2D eigenvalue weighted by atomic mass is 16.5. The van der Waals surface area contributed by atoms with E-state index in [1.165, 1.54) is 7.11 Å². The molecule has 0 unspecified atom stereocenters. The van der Waals surface area contributed by atoms with Crippen molar-refractivity contribution in [3.63, 3.8) is 0 Å². The fourth-order valence-corrected chi connectivity index (χ4v) is 4.15. The molecule has 0 aromatic heterocycles. The van der Waals surface area contributed by atoms with Gasteiger partial charge in [0.25, 0.3) is 0 Å². The summed E-state index contributed by atoms with van der Waals surface area (Å²) in [6.45, 7) is 2.00. The van der Waals surface area contributed by atoms with Gasteiger partial charge >= 0.3 is 0 Å². The van der Waals surface area contributed by atoms with Gasteiger partial charge in [0.1, 0.15) is 11.5 Å².